The molecule has 0 N–H and O–H groups in total. The average molecular weight is 531 g/mol. The van der Waals surface area contributed by atoms with E-state index >= 15 is 0 Å². The first-order valence-electron chi connectivity index (χ1n) is 4.92. The summed E-state index contributed by atoms with van der Waals surface area (Å²) in [7, 11) is 0. The van der Waals surface area contributed by atoms with Crippen LogP contribution in [0.25, 0.3) is 0 Å². The molecule has 0 aliphatic heterocycles. The Hall–Kier alpha value is 0.610. The number of halogens is 4. The molecule has 0 aliphatic rings. The Bertz CT molecular complexity index is 523. The predicted molar refractivity (Wildman–Crippen MR) is 91.8 cm³/mol. The monoisotopic (exact) mass is 528 g/mol. The SMILES string of the molecule is Brc1ccc(C(Br)c2cc(I)ccc2Br)cc1. The average Bonchev–Trinajstić information content (AvgIpc) is 2.32. The largest absolute Gasteiger partial charge is 0.0786 e. The van der Waals surface area contributed by atoms with Crippen LogP contribution in [0, 0.1) is 3.57 Å². The quantitative estimate of drug-likeness (QED) is 0.316. The smallest absolute Gasteiger partial charge is 0.0656 e. The standard InChI is InChI=1S/C13H8Br3I/c14-9-3-1-8(2-4-9)13(16)11-7-10(17)5-6-12(11)15/h1-7,13H. The van der Waals surface area contributed by atoms with Gasteiger partial charge in [-0.05, 0) is 64.0 Å². The Morgan fingerprint density at radius 2 is 1.59 bits per heavy atom. The number of hydrogen-bond donors (Lipinski definition) is 0. The van der Waals surface area contributed by atoms with Crippen molar-refractivity contribution >= 4 is 70.4 Å². The van der Waals surface area contributed by atoms with Crippen LogP contribution >= 0.6 is 70.4 Å². The minimum Gasteiger partial charge on any atom is -0.0786 e. The van der Waals surface area contributed by atoms with Crippen LogP contribution in [0.4, 0.5) is 0 Å². The van der Waals surface area contributed by atoms with E-state index in [1.54, 1.807) is 0 Å². The van der Waals surface area contributed by atoms with Crippen LogP contribution in [-0.2, 0) is 0 Å². The van der Waals surface area contributed by atoms with Gasteiger partial charge in [-0.25, -0.2) is 0 Å². The fourth-order valence-electron chi connectivity index (χ4n) is 1.52. The Morgan fingerprint density at radius 1 is 0.941 bits per heavy atom. The lowest BCUT2D eigenvalue weighted by Gasteiger charge is -2.13. The maximum atomic E-state index is 3.76. The molecule has 0 amide bonds. The summed E-state index contributed by atoms with van der Waals surface area (Å²) in [4.78, 5) is 0.208. The molecule has 0 aliphatic carbocycles. The van der Waals surface area contributed by atoms with Crippen molar-refractivity contribution < 1.29 is 0 Å². The van der Waals surface area contributed by atoms with Crippen LogP contribution in [0.1, 0.15) is 16.0 Å². The van der Waals surface area contributed by atoms with E-state index in [2.05, 4.69) is 113 Å². The van der Waals surface area contributed by atoms with Crippen LogP contribution < -0.4 is 0 Å². The maximum absolute atomic E-state index is 3.76. The van der Waals surface area contributed by atoms with Gasteiger partial charge >= 0.3 is 0 Å². The lowest BCUT2D eigenvalue weighted by molar-refractivity contribution is 1.16. The van der Waals surface area contributed by atoms with Gasteiger partial charge in [-0.2, -0.15) is 0 Å². The van der Waals surface area contributed by atoms with Crippen LogP contribution in [-0.4, -0.2) is 0 Å². The van der Waals surface area contributed by atoms with Crippen molar-refractivity contribution in [3.63, 3.8) is 0 Å². The van der Waals surface area contributed by atoms with Gasteiger partial charge in [-0.3, -0.25) is 0 Å². The highest BCUT2D eigenvalue weighted by Gasteiger charge is 2.13. The minimum atomic E-state index is 0.208. The second-order valence-corrected chi connectivity index (χ2v) is 7.51. The molecule has 2 aromatic rings. The third-order valence-electron chi connectivity index (χ3n) is 2.39. The number of rotatable bonds is 2. The molecule has 1 unspecified atom stereocenters. The fourth-order valence-corrected chi connectivity index (χ4v) is 3.77. The van der Waals surface area contributed by atoms with Gasteiger partial charge in [-0.15, -0.1) is 0 Å². The van der Waals surface area contributed by atoms with Crippen LogP contribution in [0.3, 0.4) is 0 Å². The van der Waals surface area contributed by atoms with Gasteiger partial charge in [0, 0.05) is 12.5 Å². The predicted octanol–water partition coefficient (Wildman–Crippen LogP) is 6.30. The lowest BCUT2D eigenvalue weighted by atomic mass is 10.1. The summed E-state index contributed by atoms with van der Waals surface area (Å²) < 4.78 is 3.47. The first-order chi connectivity index (χ1) is 8.08. The van der Waals surface area contributed by atoms with E-state index in [1.807, 2.05) is 0 Å². The van der Waals surface area contributed by atoms with Crippen molar-refractivity contribution in [3.8, 4) is 0 Å². The summed E-state index contributed by atoms with van der Waals surface area (Å²) in [6.07, 6.45) is 0. The van der Waals surface area contributed by atoms with E-state index in [-0.39, 0.29) is 4.83 Å². The van der Waals surface area contributed by atoms with E-state index < -0.39 is 0 Å². The zero-order valence-electron chi connectivity index (χ0n) is 8.63. The summed E-state index contributed by atoms with van der Waals surface area (Å²) in [5, 5.41) is 0. The van der Waals surface area contributed by atoms with Crippen molar-refractivity contribution in [1.29, 1.82) is 0 Å². The van der Waals surface area contributed by atoms with Crippen LogP contribution in [0.15, 0.2) is 51.4 Å². The van der Waals surface area contributed by atoms with Crippen LogP contribution in [0.5, 0.6) is 0 Å². The topological polar surface area (TPSA) is 0 Å². The third kappa shape index (κ3) is 3.55. The van der Waals surface area contributed by atoms with Gasteiger partial charge < -0.3 is 0 Å². The zero-order chi connectivity index (χ0) is 12.4. The van der Waals surface area contributed by atoms with E-state index in [4.69, 9.17) is 0 Å². The molecule has 2 rings (SSSR count). The Morgan fingerprint density at radius 3 is 2.24 bits per heavy atom. The summed E-state index contributed by atoms with van der Waals surface area (Å²) >= 11 is 13.1. The van der Waals surface area contributed by atoms with Gasteiger partial charge in [-0.1, -0.05) is 59.9 Å². The van der Waals surface area contributed by atoms with E-state index in [0.717, 1.165) is 8.95 Å². The number of alkyl halides is 1. The summed E-state index contributed by atoms with van der Waals surface area (Å²) in [6.45, 7) is 0. The lowest BCUT2D eigenvalue weighted by Crippen LogP contribution is -1.94. The molecule has 0 nitrogen and oxygen atoms in total. The van der Waals surface area contributed by atoms with Gasteiger partial charge in [0.1, 0.15) is 0 Å². The maximum Gasteiger partial charge on any atom is 0.0656 e. The molecule has 0 radical (unpaired) electrons. The van der Waals surface area contributed by atoms with Crippen molar-refractivity contribution in [2.24, 2.45) is 0 Å². The normalized spacial score (nSPS) is 12.5. The summed E-state index contributed by atoms with van der Waals surface area (Å²) in [5.74, 6) is 0. The van der Waals surface area contributed by atoms with Crippen molar-refractivity contribution in [2.45, 2.75) is 4.83 Å². The molecule has 88 valence electrons. The van der Waals surface area contributed by atoms with Crippen molar-refractivity contribution in [1.82, 2.24) is 0 Å². The summed E-state index contributed by atoms with van der Waals surface area (Å²) in [6, 6.07) is 14.7. The number of benzene rings is 2. The number of hydrogen-bond acceptors (Lipinski definition) is 0. The van der Waals surface area contributed by atoms with E-state index in [1.165, 1.54) is 14.7 Å². The first-order valence-corrected chi connectivity index (χ1v) is 8.50. The molecule has 0 bridgehead atoms. The molecule has 17 heavy (non-hydrogen) atoms. The van der Waals surface area contributed by atoms with Crippen molar-refractivity contribution in [3.05, 3.63) is 66.1 Å². The Kier molecular flexibility index (Phi) is 5.09. The Balaban J connectivity index is 2.39. The molecular weight excluding hydrogens is 523 g/mol. The van der Waals surface area contributed by atoms with E-state index in [0.29, 0.717) is 0 Å². The molecule has 0 saturated heterocycles. The molecule has 0 spiro atoms. The molecule has 0 saturated carbocycles. The highest BCUT2D eigenvalue weighted by atomic mass is 127. The van der Waals surface area contributed by atoms with E-state index in [9.17, 15) is 0 Å². The molecule has 0 heterocycles. The zero-order valence-corrected chi connectivity index (χ0v) is 15.5. The second-order valence-electron chi connectivity index (χ2n) is 3.58. The molecule has 2 aromatic carbocycles. The van der Waals surface area contributed by atoms with Gasteiger partial charge in [0.2, 0.25) is 0 Å². The third-order valence-corrected chi connectivity index (χ3v) is 5.34. The van der Waals surface area contributed by atoms with Crippen molar-refractivity contribution in [2.75, 3.05) is 0 Å². The Labute approximate surface area is 140 Å². The molecular formula is C13H8Br3I. The molecule has 0 aromatic heterocycles. The summed E-state index contributed by atoms with van der Waals surface area (Å²) in [5.41, 5.74) is 2.50. The minimum absolute atomic E-state index is 0.208. The van der Waals surface area contributed by atoms with Gasteiger partial charge in [0.15, 0.2) is 0 Å². The second kappa shape index (κ2) is 6.17. The molecule has 0 fully saturated rings. The molecule has 4 heteroatoms. The molecule has 1 atom stereocenters. The van der Waals surface area contributed by atoms with Crippen LogP contribution in [0.2, 0.25) is 0 Å². The first kappa shape index (κ1) is 14.0. The highest BCUT2D eigenvalue weighted by Crippen LogP contribution is 2.36. The van der Waals surface area contributed by atoms with Gasteiger partial charge in [0.25, 0.3) is 0 Å². The highest BCUT2D eigenvalue weighted by molar-refractivity contribution is 14.1. The fraction of sp³-hybridized carbons (Fsp3) is 0.0769. The van der Waals surface area contributed by atoms with Gasteiger partial charge in [0.05, 0.1) is 4.83 Å².